The fraction of sp³-hybridized carbons (Fsp3) is 1.00. The third-order valence-corrected chi connectivity index (χ3v) is 2.97. The van der Waals surface area contributed by atoms with Crippen molar-refractivity contribution in [3.8, 4) is 0 Å². The lowest BCUT2D eigenvalue weighted by atomic mass is 9.79. The minimum absolute atomic E-state index is 0.143. The van der Waals surface area contributed by atoms with E-state index in [0.717, 1.165) is 0 Å². The number of alkyl halides is 5. The molecule has 0 amide bonds. The summed E-state index contributed by atoms with van der Waals surface area (Å²) in [5, 5.41) is 0. The normalized spacial score (nSPS) is 22.7. The van der Waals surface area contributed by atoms with Crippen LogP contribution in [0.2, 0.25) is 0 Å². The van der Waals surface area contributed by atoms with Gasteiger partial charge in [0.15, 0.2) is 0 Å². The standard InChI is InChI=1S/C8H12F5N/c9-7(10,8(11,12)13)6(5-14)3-1-2-4-6/h1-5,14H2. The van der Waals surface area contributed by atoms with Gasteiger partial charge in [0, 0.05) is 6.54 Å². The van der Waals surface area contributed by atoms with Crippen LogP contribution in [0.25, 0.3) is 0 Å². The second-order valence-corrected chi connectivity index (χ2v) is 3.76. The van der Waals surface area contributed by atoms with E-state index in [1.54, 1.807) is 0 Å². The van der Waals surface area contributed by atoms with Gasteiger partial charge in [-0.1, -0.05) is 12.8 Å². The van der Waals surface area contributed by atoms with Gasteiger partial charge in [0.2, 0.25) is 0 Å². The molecule has 14 heavy (non-hydrogen) atoms. The molecule has 1 rings (SSSR count). The molecule has 0 heterocycles. The zero-order valence-corrected chi connectivity index (χ0v) is 7.50. The summed E-state index contributed by atoms with van der Waals surface area (Å²) < 4.78 is 62.5. The first-order valence-electron chi connectivity index (χ1n) is 4.41. The van der Waals surface area contributed by atoms with Crippen molar-refractivity contribution in [1.82, 2.24) is 0 Å². The number of halogens is 5. The maximum absolute atomic E-state index is 13.1. The molecule has 0 unspecified atom stereocenters. The Kier molecular flexibility index (Phi) is 2.77. The minimum atomic E-state index is -5.49. The number of hydrogen-bond donors (Lipinski definition) is 1. The van der Waals surface area contributed by atoms with Crippen LogP contribution in [-0.2, 0) is 0 Å². The Balaban J connectivity index is 2.99. The van der Waals surface area contributed by atoms with Crippen molar-refractivity contribution in [3.63, 3.8) is 0 Å². The molecular weight excluding hydrogens is 205 g/mol. The number of nitrogens with two attached hydrogens (primary N) is 1. The van der Waals surface area contributed by atoms with E-state index in [-0.39, 0.29) is 12.8 Å². The molecule has 0 aromatic heterocycles. The van der Waals surface area contributed by atoms with E-state index in [9.17, 15) is 22.0 Å². The van der Waals surface area contributed by atoms with Gasteiger partial charge in [-0.15, -0.1) is 0 Å². The Morgan fingerprint density at radius 2 is 1.43 bits per heavy atom. The smallest absolute Gasteiger partial charge is 0.330 e. The summed E-state index contributed by atoms with van der Waals surface area (Å²) >= 11 is 0. The second kappa shape index (κ2) is 3.32. The minimum Gasteiger partial charge on any atom is -0.330 e. The lowest BCUT2D eigenvalue weighted by Crippen LogP contribution is -2.54. The van der Waals surface area contributed by atoms with Crippen molar-refractivity contribution in [2.75, 3.05) is 6.54 Å². The van der Waals surface area contributed by atoms with Crippen LogP contribution in [0.15, 0.2) is 0 Å². The molecule has 0 atom stereocenters. The molecule has 1 aliphatic carbocycles. The highest BCUT2D eigenvalue weighted by atomic mass is 19.4. The topological polar surface area (TPSA) is 26.0 Å². The Hall–Kier alpha value is -0.390. The lowest BCUT2D eigenvalue weighted by molar-refractivity contribution is -0.324. The van der Waals surface area contributed by atoms with E-state index in [1.807, 2.05) is 0 Å². The average molecular weight is 217 g/mol. The highest BCUT2D eigenvalue weighted by Crippen LogP contribution is 2.55. The molecule has 0 saturated heterocycles. The Morgan fingerprint density at radius 1 is 1.00 bits per heavy atom. The van der Waals surface area contributed by atoms with Gasteiger partial charge in [0.05, 0.1) is 5.41 Å². The molecule has 1 fully saturated rings. The monoisotopic (exact) mass is 217 g/mol. The molecule has 0 bridgehead atoms. The van der Waals surface area contributed by atoms with Gasteiger partial charge in [0.1, 0.15) is 0 Å². The Morgan fingerprint density at radius 3 is 1.71 bits per heavy atom. The van der Waals surface area contributed by atoms with Gasteiger partial charge in [-0.05, 0) is 12.8 Å². The summed E-state index contributed by atoms with van der Waals surface area (Å²) in [5.74, 6) is -4.66. The first-order chi connectivity index (χ1) is 6.27. The lowest BCUT2D eigenvalue weighted by Gasteiger charge is -2.37. The third kappa shape index (κ3) is 1.49. The van der Waals surface area contributed by atoms with Crippen molar-refractivity contribution in [2.24, 2.45) is 11.1 Å². The first-order valence-corrected chi connectivity index (χ1v) is 4.41. The van der Waals surface area contributed by atoms with Gasteiger partial charge in [-0.25, -0.2) is 0 Å². The molecule has 2 N–H and O–H groups in total. The van der Waals surface area contributed by atoms with Crippen LogP contribution >= 0.6 is 0 Å². The molecule has 0 spiro atoms. The number of hydrogen-bond acceptors (Lipinski definition) is 1. The zero-order valence-electron chi connectivity index (χ0n) is 7.50. The Bertz CT molecular complexity index is 204. The maximum Gasteiger partial charge on any atom is 0.453 e. The summed E-state index contributed by atoms with van der Waals surface area (Å²) in [6, 6.07) is 0. The van der Waals surface area contributed by atoms with Crippen LogP contribution in [0.3, 0.4) is 0 Å². The summed E-state index contributed by atoms with van der Waals surface area (Å²) in [7, 11) is 0. The van der Waals surface area contributed by atoms with Crippen LogP contribution in [0, 0.1) is 5.41 Å². The van der Waals surface area contributed by atoms with Crippen LogP contribution in [-0.4, -0.2) is 18.6 Å². The largest absolute Gasteiger partial charge is 0.453 e. The van der Waals surface area contributed by atoms with Crippen LogP contribution < -0.4 is 5.73 Å². The quantitative estimate of drug-likeness (QED) is 0.707. The second-order valence-electron chi connectivity index (χ2n) is 3.76. The van der Waals surface area contributed by atoms with E-state index in [4.69, 9.17) is 5.73 Å². The van der Waals surface area contributed by atoms with Crippen LogP contribution in [0.4, 0.5) is 22.0 Å². The summed E-state index contributed by atoms with van der Waals surface area (Å²) in [5.41, 5.74) is 3.01. The SMILES string of the molecule is NCC1(C(F)(F)C(F)(F)F)CCCC1. The van der Waals surface area contributed by atoms with Crippen molar-refractivity contribution >= 4 is 0 Å². The van der Waals surface area contributed by atoms with Crippen molar-refractivity contribution in [3.05, 3.63) is 0 Å². The highest BCUT2D eigenvalue weighted by Gasteiger charge is 2.69. The van der Waals surface area contributed by atoms with E-state index in [1.165, 1.54) is 0 Å². The average Bonchev–Trinajstić information content (AvgIpc) is 2.51. The summed E-state index contributed by atoms with van der Waals surface area (Å²) in [4.78, 5) is 0. The predicted molar refractivity (Wildman–Crippen MR) is 41.0 cm³/mol. The molecule has 1 nitrogen and oxygen atoms in total. The van der Waals surface area contributed by atoms with Crippen molar-refractivity contribution in [1.29, 1.82) is 0 Å². The fourth-order valence-corrected chi connectivity index (χ4v) is 2.00. The van der Waals surface area contributed by atoms with Gasteiger partial charge in [-0.2, -0.15) is 22.0 Å². The van der Waals surface area contributed by atoms with E-state index in [0.29, 0.717) is 12.8 Å². The predicted octanol–water partition coefficient (Wildman–Crippen LogP) is 2.70. The molecule has 6 heteroatoms. The zero-order chi connectivity index (χ0) is 11.0. The molecular formula is C8H12F5N. The highest BCUT2D eigenvalue weighted by molar-refractivity contribution is 5.00. The third-order valence-electron chi connectivity index (χ3n) is 2.97. The molecule has 0 radical (unpaired) electrons. The van der Waals surface area contributed by atoms with Crippen molar-refractivity contribution < 1.29 is 22.0 Å². The summed E-state index contributed by atoms with van der Waals surface area (Å²) in [6.45, 7) is -0.612. The van der Waals surface area contributed by atoms with Gasteiger partial charge in [-0.3, -0.25) is 0 Å². The van der Waals surface area contributed by atoms with Crippen molar-refractivity contribution in [2.45, 2.75) is 37.8 Å². The first kappa shape index (κ1) is 11.7. The molecule has 1 saturated carbocycles. The molecule has 0 aliphatic heterocycles. The van der Waals surface area contributed by atoms with E-state index >= 15 is 0 Å². The molecule has 0 aromatic carbocycles. The molecule has 0 aromatic rings. The van der Waals surface area contributed by atoms with Crippen LogP contribution in [0.5, 0.6) is 0 Å². The van der Waals surface area contributed by atoms with E-state index in [2.05, 4.69) is 0 Å². The van der Waals surface area contributed by atoms with Gasteiger partial charge in [0.25, 0.3) is 0 Å². The Labute approximate surface area is 78.5 Å². The molecule has 1 aliphatic rings. The van der Waals surface area contributed by atoms with E-state index < -0.39 is 24.1 Å². The molecule has 84 valence electrons. The van der Waals surface area contributed by atoms with Crippen LogP contribution in [0.1, 0.15) is 25.7 Å². The van der Waals surface area contributed by atoms with Gasteiger partial charge < -0.3 is 5.73 Å². The fourth-order valence-electron chi connectivity index (χ4n) is 2.00. The maximum atomic E-state index is 13.1. The number of rotatable bonds is 2. The van der Waals surface area contributed by atoms with Gasteiger partial charge >= 0.3 is 12.1 Å². The summed E-state index contributed by atoms with van der Waals surface area (Å²) in [6.07, 6.45) is -4.99.